The van der Waals surface area contributed by atoms with Crippen molar-refractivity contribution in [2.75, 3.05) is 37.7 Å². The predicted molar refractivity (Wildman–Crippen MR) is 60.7 cm³/mol. The molecule has 88 valence electrons. The van der Waals surface area contributed by atoms with Gasteiger partial charge in [0.15, 0.2) is 9.84 Å². The molecule has 0 amide bonds. The van der Waals surface area contributed by atoms with Crippen molar-refractivity contribution in [1.82, 2.24) is 10.2 Å². The lowest BCUT2D eigenvalue weighted by Gasteiger charge is -2.34. The summed E-state index contributed by atoms with van der Waals surface area (Å²) >= 11 is 0. The third-order valence-corrected chi connectivity index (χ3v) is 5.26. The highest BCUT2D eigenvalue weighted by molar-refractivity contribution is 7.91. The first kappa shape index (κ1) is 11.4. The average molecular weight is 232 g/mol. The molecule has 0 aromatic heterocycles. The van der Waals surface area contributed by atoms with E-state index < -0.39 is 9.84 Å². The molecule has 2 rings (SSSR count). The molecule has 2 fully saturated rings. The number of nitrogens with zero attached hydrogens (tertiary/aromatic N) is 1. The third-order valence-electron chi connectivity index (χ3n) is 3.46. The van der Waals surface area contributed by atoms with Gasteiger partial charge < -0.3 is 5.32 Å². The van der Waals surface area contributed by atoms with Gasteiger partial charge in [0.2, 0.25) is 0 Å². The van der Waals surface area contributed by atoms with E-state index in [4.69, 9.17) is 0 Å². The van der Waals surface area contributed by atoms with Gasteiger partial charge in [-0.05, 0) is 32.4 Å². The molecule has 0 aliphatic carbocycles. The Morgan fingerprint density at radius 1 is 1.47 bits per heavy atom. The zero-order valence-corrected chi connectivity index (χ0v) is 10.1. The van der Waals surface area contributed by atoms with E-state index in [0.29, 0.717) is 17.4 Å². The van der Waals surface area contributed by atoms with Crippen molar-refractivity contribution in [3.63, 3.8) is 0 Å². The standard InChI is InChI=1S/C10H20N2O2S/c1-9-8-15(13,14)5-4-12(9)7-10-2-3-11-6-10/h9-11H,2-8H2,1H3. The fourth-order valence-corrected chi connectivity index (χ4v) is 4.13. The maximum absolute atomic E-state index is 11.4. The molecule has 0 saturated carbocycles. The van der Waals surface area contributed by atoms with Crippen molar-refractivity contribution in [3.8, 4) is 0 Å². The summed E-state index contributed by atoms with van der Waals surface area (Å²) in [7, 11) is -2.76. The topological polar surface area (TPSA) is 49.4 Å². The van der Waals surface area contributed by atoms with Crippen LogP contribution < -0.4 is 5.32 Å². The van der Waals surface area contributed by atoms with Crippen molar-refractivity contribution in [1.29, 1.82) is 0 Å². The Morgan fingerprint density at radius 2 is 2.27 bits per heavy atom. The molecule has 5 heteroatoms. The zero-order valence-electron chi connectivity index (χ0n) is 9.28. The Morgan fingerprint density at radius 3 is 2.87 bits per heavy atom. The van der Waals surface area contributed by atoms with Crippen LogP contribution in [0.5, 0.6) is 0 Å². The Labute approximate surface area is 91.9 Å². The second-order valence-corrected chi connectivity index (χ2v) is 7.05. The first-order chi connectivity index (χ1) is 7.07. The van der Waals surface area contributed by atoms with Crippen LogP contribution in [0.1, 0.15) is 13.3 Å². The molecule has 0 radical (unpaired) electrons. The smallest absolute Gasteiger partial charge is 0.153 e. The molecule has 2 atom stereocenters. The van der Waals surface area contributed by atoms with Crippen LogP contribution in [0, 0.1) is 5.92 Å². The van der Waals surface area contributed by atoms with Crippen LogP contribution in [0.4, 0.5) is 0 Å². The van der Waals surface area contributed by atoms with Gasteiger partial charge in [-0.3, -0.25) is 4.90 Å². The van der Waals surface area contributed by atoms with Crippen LogP contribution in [0.25, 0.3) is 0 Å². The van der Waals surface area contributed by atoms with Gasteiger partial charge in [0, 0.05) is 19.1 Å². The van der Waals surface area contributed by atoms with E-state index in [0.717, 1.165) is 26.2 Å². The molecule has 2 unspecified atom stereocenters. The Hall–Kier alpha value is -0.130. The molecule has 4 nitrogen and oxygen atoms in total. The summed E-state index contributed by atoms with van der Waals surface area (Å²) in [4.78, 5) is 2.33. The summed E-state index contributed by atoms with van der Waals surface area (Å²) in [5.74, 6) is 1.40. The van der Waals surface area contributed by atoms with Crippen LogP contribution in [0.2, 0.25) is 0 Å². The van der Waals surface area contributed by atoms with Gasteiger partial charge >= 0.3 is 0 Å². The van der Waals surface area contributed by atoms with E-state index in [1.165, 1.54) is 6.42 Å². The molecule has 0 aromatic rings. The zero-order chi connectivity index (χ0) is 10.9. The lowest BCUT2D eigenvalue weighted by atomic mass is 10.1. The minimum Gasteiger partial charge on any atom is -0.316 e. The lowest BCUT2D eigenvalue weighted by Crippen LogP contribution is -2.48. The molecule has 0 bridgehead atoms. The van der Waals surface area contributed by atoms with Gasteiger partial charge in [-0.25, -0.2) is 8.42 Å². The summed E-state index contributed by atoms with van der Waals surface area (Å²) in [6, 6.07) is 0.198. The van der Waals surface area contributed by atoms with E-state index >= 15 is 0 Å². The normalized spacial score (nSPS) is 36.9. The minimum atomic E-state index is -2.76. The molecule has 1 N–H and O–H groups in total. The summed E-state index contributed by atoms with van der Waals surface area (Å²) in [6.45, 7) is 6.02. The van der Waals surface area contributed by atoms with Crippen LogP contribution in [0.3, 0.4) is 0 Å². The van der Waals surface area contributed by atoms with Crippen molar-refractivity contribution in [2.24, 2.45) is 5.92 Å². The van der Waals surface area contributed by atoms with Crippen LogP contribution in [-0.4, -0.2) is 57.0 Å². The van der Waals surface area contributed by atoms with E-state index in [1.54, 1.807) is 0 Å². The molecular formula is C10H20N2O2S. The number of rotatable bonds is 2. The number of sulfone groups is 1. The summed E-state index contributed by atoms with van der Waals surface area (Å²) in [6.07, 6.45) is 1.23. The lowest BCUT2D eigenvalue weighted by molar-refractivity contribution is 0.197. The number of hydrogen-bond acceptors (Lipinski definition) is 4. The maximum Gasteiger partial charge on any atom is 0.153 e. The van der Waals surface area contributed by atoms with Crippen LogP contribution >= 0.6 is 0 Å². The largest absolute Gasteiger partial charge is 0.316 e. The molecule has 2 aliphatic heterocycles. The highest BCUT2D eigenvalue weighted by atomic mass is 32.2. The SMILES string of the molecule is CC1CS(=O)(=O)CCN1CC1CCNC1. The summed E-state index contributed by atoms with van der Waals surface area (Å²) in [5.41, 5.74) is 0. The quantitative estimate of drug-likeness (QED) is 0.711. The highest BCUT2D eigenvalue weighted by Crippen LogP contribution is 2.16. The predicted octanol–water partition coefficient (Wildman–Crippen LogP) is -0.285. The fraction of sp³-hybridized carbons (Fsp3) is 1.00. The van der Waals surface area contributed by atoms with Crippen molar-refractivity contribution >= 4 is 9.84 Å². The Kier molecular flexibility index (Phi) is 3.33. The number of nitrogens with one attached hydrogen (secondary N) is 1. The highest BCUT2D eigenvalue weighted by Gasteiger charge is 2.29. The minimum absolute atomic E-state index is 0.198. The molecular weight excluding hydrogens is 212 g/mol. The van der Waals surface area contributed by atoms with Gasteiger partial charge in [0.25, 0.3) is 0 Å². The van der Waals surface area contributed by atoms with Gasteiger partial charge in [0.05, 0.1) is 11.5 Å². The maximum atomic E-state index is 11.4. The van der Waals surface area contributed by atoms with E-state index in [9.17, 15) is 8.42 Å². The van der Waals surface area contributed by atoms with Crippen LogP contribution in [0.15, 0.2) is 0 Å². The molecule has 0 spiro atoms. The summed E-state index contributed by atoms with van der Waals surface area (Å²) in [5, 5.41) is 3.35. The molecule has 2 saturated heterocycles. The Balaban J connectivity index is 1.88. The monoisotopic (exact) mass is 232 g/mol. The average Bonchev–Trinajstić information content (AvgIpc) is 2.61. The molecule has 2 heterocycles. The van der Waals surface area contributed by atoms with Gasteiger partial charge in [-0.2, -0.15) is 0 Å². The van der Waals surface area contributed by atoms with E-state index in [2.05, 4.69) is 10.2 Å². The Bertz CT molecular complexity index is 309. The second-order valence-electron chi connectivity index (χ2n) is 4.82. The first-order valence-electron chi connectivity index (χ1n) is 5.72. The fourth-order valence-electron chi connectivity index (χ4n) is 2.51. The van der Waals surface area contributed by atoms with Crippen molar-refractivity contribution in [2.45, 2.75) is 19.4 Å². The first-order valence-corrected chi connectivity index (χ1v) is 7.54. The van der Waals surface area contributed by atoms with Gasteiger partial charge in [0.1, 0.15) is 0 Å². The summed E-state index contributed by atoms with van der Waals surface area (Å²) < 4.78 is 22.8. The molecule has 15 heavy (non-hydrogen) atoms. The van der Waals surface area contributed by atoms with Crippen molar-refractivity contribution < 1.29 is 8.42 Å². The molecule has 2 aliphatic rings. The van der Waals surface area contributed by atoms with Gasteiger partial charge in [-0.1, -0.05) is 0 Å². The molecule has 0 aromatic carbocycles. The van der Waals surface area contributed by atoms with E-state index in [-0.39, 0.29) is 6.04 Å². The van der Waals surface area contributed by atoms with Crippen LogP contribution in [-0.2, 0) is 9.84 Å². The van der Waals surface area contributed by atoms with Crippen molar-refractivity contribution in [3.05, 3.63) is 0 Å². The number of hydrogen-bond donors (Lipinski definition) is 1. The van der Waals surface area contributed by atoms with E-state index in [1.807, 2.05) is 6.92 Å². The van der Waals surface area contributed by atoms with Gasteiger partial charge in [-0.15, -0.1) is 0 Å². The third kappa shape index (κ3) is 2.92. The second kappa shape index (κ2) is 4.39.